The molecule has 0 unspecified atom stereocenters. The quantitative estimate of drug-likeness (QED) is 0.840. The average Bonchev–Trinajstić information content (AvgIpc) is 2.95. The third kappa shape index (κ3) is 4.41. The van der Waals surface area contributed by atoms with Gasteiger partial charge in [0.05, 0.1) is 5.69 Å². The van der Waals surface area contributed by atoms with E-state index in [1.54, 1.807) is 16.9 Å². The number of carbonyl (C=O) groups excluding carboxylic acids is 1. The number of benzene rings is 1. The number of carbonyl (C=O) groups is 1. The number of nitrogens with one attached hydrogen (secondary N) is 2. The van der Waals surface area contributed by atoms with E-state index in [-0.39, 0.29) is 11.9 Å². The molecule has 0 saturated carbocycles. The Labute approximate surface area is 132 Å². The van der Waals surface area contributed by atoms with E-state index in [2.05, 4.69) is 31.7 Å². The lowest BCUT2D eigenvalue weighted by molar-refractivity contribution is 0.0945. The van der Waals surface area contributed by atoms with Gasteiger partial charge in [0.25, 0.3) is 5.91 Å². The van der Waals surface area contributed by atoms with Crippen LogP contribution in [-0.2, 0) is 0 Å². The van der Waals surface area contributed by atoms with E-state index in [9.17, 15) is 4.79 Å². The van der Waals surface area contributed by atoms with Crippen LogP contribution in [0.5, 0.6) is 0 Å². The highest BCUT2D eigenvalue weighted by Gasteiger charge is 2.11. The fraction of sp³-hybridized carbons (Fsp3) is 0.333. The van der Waals surface area contributed by atoms with Crippen molar-refractivity contribution < 1.29 is 4.79 Å². The third-order valence-electron chi connectivity index (χ3n) is 3.02. The van der Waals surface area contributed by atoms with Crippen molar-refractivity contribution in [3.05, 3.63) is 46.7 Å². The lowest BCUT2D eigenvalue weighted by Gasteiger charge is -2.12. The Hall–Kier alpha value is -1.66. The minimum absolute atomic E-state index is 0.159. The molecule has 112 valence electrons. The Morgan fingerprint density at radius 3 is 2.95 bits per heavy atom. The van der Waals surface area contributed by atoms with Gasteiger partial charge >= 0.3 is 0 Å². The molecule has 1 atom stereocenters. The van der Waals surface area contributed by atoms with E-state index in [1.165, 1.54) is 0 Å². The molecule has 21 heavy (non-hydrogen) atoms. The molecule has 2 aromatic rings. The average molecular weight is 351 g/mol. The number of hydrogen-bond acceptors (Lipinski definition) is 3. The minimum atomic E-state index is -0.159. The molecule has 0 spiro atoms. The summed E-state index contributed by atoms with van der Waals surface area (Å²) in [6, 6.07) is 9.72. The summed E-state index contributed by atoms with van der Waals surface area (Å²) < 4.78 is 2.66. The molecular formula is C15H19BrN4O. The van der Waals surface area contributed by atoms with E-state index in [1.807, 2.05) is 38.1 Å². The van der Waals surface area contributed by atoms with Gasteiger partial charge in [-0.3, -0.25) is 4.79 Å². The molecule has 2 N–H and O–H groups in total. The number of amides is 1. The van der Waals surface area contributed by atoms with Gasteiger partial charge in [0.1, 0.15) is 0 Å². The summed E-state index contributed by atoms with van der Waals surface area (Å²) in [6.45, 7) is 5.53. The van der Waals surface area contributed by atoms with Crippen LogP contribution in [0.4, 0.5) is 0 Å². The van der Waals surface area contributed by atoms with Crippen LogP contribution in [-0.4, -0.2) is 34.8 Å². The van der Waals surface area contributed by atoms with Gasteiger partial charge in [-0.25, -0.2) is 4.68 Å². The molecule has 1 aromatic carbocycles. The molecule has 0 radical (unpaired) electrons. The molecule has 0 bridgehead atoms. The van der Waals surface area contributed by atoms with Gasteiger partial charge in [-0.15, -0.1) is 0 Å². The maximum absolute atomic E-state index is 12.0. The van der Waals surface area contributed by atoms with Crippen molar-refractivity contribution in [2.24, 2.45) is 0 Å². The highest BCUT2D eigenvalue weighted by atomic mass is 79.9. The highest BCUT2D eigenvalue weighted by molar-refractivity contribution is 9.10. The Morgan fingerprint density at radius 1 is 1.43 bits per heavy atom. The van der Waals surface area contributed by atoms with Crippen molar-refractivity contribution in [2.75, 3.05) is 13.1 Å². The molecular weight excluding hydrogens is 332 g/mol. The molecule has 0 aliphatic heterocycles. The molecule has 2 rings (SSSR count). The van der Waals surface area contributed by atoms with Crippen LogP contribution in [0.3, 0.4) is 0 Å². The van der Waals surface area contributed by atoms with Crippen LogP contribution in [0, 0.1) is 0 Å². The second kappa shape index (κ2) is 7.38. The summed E-state index contributed by atoms with van der Waals surface area (Å²) in [5.74, 6) is -0.159. The summed E-state index contributed by atoms with van der Waals surface area (Å²) in [5, 5.41) is 10.4. The van der Waals surface area contributed by atoms with Gasteiger partial charge in [-0.1, -0.05) is 28.9 Å². The fourth-order valence-corrected chi connectivity index (χ4v) is 2.35. The summed E-state index contributed by atoms with van der Waals surface area (Å²) in [4.78, 5) is 12.0. The molecule has 0 aliphatic rings. The summed E-state index contributed by atoms with van der Waals surface area (Å²) in [5.41, 5.74) is 1.32. The SMILES string of the molecule is CCN[C@H](C)CNC(=O)c1ccn(-c2cccc(Br)c2)n1. The molecule has 0 aliphatic carbocycles. The number of rotatable bonds is 6. The first kappa shape index (κ1) is 15.7. The van der Waals surface area contributed by atoms with Crippen molar-refractivity contribution in [3.8, 4) is 5.69 Å². The fourth-order valence-electron chi connectivity index (χ4n) is 1.96. The Morgan fingerprint density at radius 2 is 2.24 bits per heavy atom. The first-order valence-electron chi connectivity index (χ1n) is 6.93. The zero-order chi connectivity index (χ0) is 15.2. The van der Waals surface area contributed by atoms with Gasteiger partial charge in [-0.2, -0.15) is 5.10 Å². The second-order valence-electron chi connectivity index (χ2n) is 4.79. The topological polar surface area (TPSA) is 58.9 Å². The molecule has 1 heterocycles. The number of aromatic nitrogens is 2. The van der Waals surface area contributed by atoms with E-state index >= 15 is 0 Å². The summed E-state index contributed by atoms with van der Waals surface area (Å²) in [7, 11) is 0. The predicted octanol–water partition coefficient (Wildman–Crippen LogP) is 2.36. The molecule has 1 amide bonds. The summed E-state index contributed by atoms with van der Waals surface area (Å²) in [6.07, 6.45) is 1.78. The maximum atomic E-state index is 12.0. The lowest BCUT2D eigenvalue weighted by atomic mass is 10.3. The van der Waals surface area contributed by atoms with Crippen molar-refractivity contribution in [1.82, 2.24) is 20.4 Å². The first-order valence-corrected chi connectivity index (χ1v) is 7.72. The Balaban J connectivity index is 2.01. The van der Waals surface area contributed by atoms with Crippen molar-refractivity contribution >= 4 is 21.8 Å². The smallest absolute Gasteiger partial charge is 0.271 e. The molecule has 0 saturated heterocycles. The van der Waals surface area contributed by atoms with Crippen molar-refractivity contribution in [1.29, 1.82) is 0 Å². The van der Waals surface area contributed by atoms with Crippen LogP contribution < -0.4 is 10.6 Å². The Kier molecular flexibility index (Phi) is 5.52. The van der Waals surface area contributed by atoms with E-state index in [4.69, 9.17) is 0 Å². The summed E-state index contributed by atoms with van der Waals surface area (Å²) >= 11 is 3.42. The van der Waals surface area contributed by atoms with Crippen LogP contribution in [0.15, 0.2) is 41.0 Å². The number of halogens is 1. The van der Waals surface area contributed by atoms with Gasteiger partial charge in [0, 0.05) is 23.3 Å². The van der Waals surface area contributed by atoms with Crippen LogP contribution in [0.1, 0.15) is 24.3 Å². The molecule has 5 nitrogen and oxygen atoms in total. The lowest BCUT2D eigenvalue weighted by Crippen LogP contribution is -2.38. The molecule has 1 aromatic heterocycles. The van der Waals surface area contributed by atoms with Crippen LogP contribution >= 0.6 is 15.9 Å². The monoisotopic (exact) mass is 350 g/mol. The largest absolute Gasteiger partial charge is 0.349 e. The van der Waals surface area contributed by atoms with Gasteiger partial charge in [-0.05, 0) is 37.7 Å². The van der Waals surface area contributed by atoms with E-state index in [0.717, 1.165) is 16.7 Å². The first-order chi connectivity index (χ1) is 10.1. The van der Waals surface area contributed by atoms with Crippen molar-refractivity contribution in [3.63, 3.8) is 0 Å². The van der Waals surface area contributed by atoms with Gasteiger partial charge in [0.15, 0.2) is 5.69 Å². The van der Waals surface area contributed by atoms with Crippen molar-refractivity contribution in [2.45, 2.75) is 19.9 Å². The highest BCUT2D eigenvalue weighted by Crippen LogP contribution is 2.15. The molecule has 0 fully saturated rings. The molecule has 6 heteroatoms. The zero-order valence-corrected chi connectivity index (χ0v) is 13.7. The minimum Gasteiger partial charge on any atom is -0.349 e. The number of likely N-dealkylation sites (N-methyl/N-ethyl adjacent to an activating group) is 1. The zero-order valence-electron chi connectivity index (χ0n) is 12.1. The van der Waals surface area contributed by atoms with E-state index < -0.39 is 0 Å². The Bertz CT molecular complexity index is 611. The number of hydrogen-bond donors (Lipinski definition) is 2. The standard InChI is InChI=1S/C15H19BrN4O/c1-3-17-11(2)10-18-15(21)14-7-8-20(19-14)13-6-4-5-12(16)9-13/h4-9,11,17H,3,10H2,1-2H3,(H,18,21)/t11-/m1/s1. The predicted molar refractivity (Wildman–Crippen MR) is 86.7 cm³/mol. The maximum Gasteiger partial charge on any atom is 0.271 e. The normalized spacial score (nSPS) is 12.1. The second-order valence-corrected chi connectivity index (χ2v) is 5.71. The van der Waals surface area contributed by atoms with E-state index in [0.29, 0.717) is 12.2 Å². The van der Waals surface area contributed by atoms with Crippen LogP contribution in [0.2, 0.25) is 0 Å². The van der Waals surface area contributed by atoms with Gasteiger partial charge < -0.3 is 10.6 Å². The van der Waals surface area contributed by atoms with Crippen LogP contribution in [0.25, 0.3) is 5.69 Å². The third-order valence-corrected chi connectivity index (χ3v) is 3.51. The number of nitrogens with zero attached hydrogens (tertiary/aromatic N) is 2. The van der Waals surface area contributed by atoms with Gasteiger partial charge in [0.2, 0.25) is 0 Å².